The third-order valence-corrected chi connectivity index (χ3v) is 4.45. The number of hydrogen-bond donors (Lipinski definition) is 0. The van der Waals surface area contributed by atoms with Crippen LogP contribution in [0.3, 0.4) is 0 Å². The van der Waals surface area contributed by atoms with Gasteiger partial charge < -0.3 is 9.64 Å². The lowest BCUT2D eigenvalue weighted by atomic mass is 10.1. The average molecular weight is 345 g/mol. The van der Waals surface area contributed by atoms with Gasteiger partial charge in [0.2, 0.25) is 0 Å². The highest BCUT2D eigenvalue weighted by atomic mass is 19.1. The van der Waals surface area contributed by atoms with Gasteiger partial charge in [0.25, 0.3) is 5.91 Å². The van der Waals surface area contributed by atoms with Crippen LogP contribution in [0.1, 0.15) is 34.3 Å². The van der Waals surface area contributed by atoms with Crippen LogP contribution in [0.15, 0.2) is 42.5 Å². The van der Waals surface area contributed by atoms with E-state index in [9.17, 15) is 13.6 Å². The second-order valence-electron chi connectivity index (χ2n) is 6.43. The molecule has 0 saturated carbocycles. The average Bonchev–Trinajstić information content (AvgIpc) is 2.61. The summed E-state index contributed by atoms with van der Waals surface area (Å²) in [5.74, 6) is -1.22. The molecule has 2 aromatic rings. The summed E-state index contributed by atoms with van der Waals surface area (Å²) in [7, 11) is 0. The molecular formula is C20H21F2NO2. The molecule has 0 N–H and O–H groups in total. The minimum absolute atomic E-state index is 0.0127. The Kier molecular flexibility index (Phi) is 5.43. The van der Waals surface area contributed by atoms with Gasteiger partial charge in [-0.3, -0.25) is 4.79 Å². The highest BCUT2D eigenvalue weighted by Crippen LogP contribution is 2.19. The smallest absolute Gasteiger partial charge is 0.253 e. The molecule has 0 radical (unpaired) electrons. The Morgan fingerprint density at radius 2 is 1.96 bits per heavy atom. The molecule has 25 heavy (non-hydrogen) atoms. The van der Waals surface area contributed by atoms with Crippen molar-refractivity contribution in [1.29, 1.82) is 0 Å². The molecule has 0 aliphatic carbocycles. The summed E-state index contributed by atoms with van der Waals surface area (Å²) in [5.41, 5.74) is 2.09. The van der Waals surface area contributed by atoms with E-state index < -0.39 is 11.6 Å². The summed E-state index contributed by atoms with van der Waals surface area (Å²) in [4.78, 5) is 14.4. The zero-order valence-electron chi connectivity index (χ0n) is 14.2. The molecule has 3 rings (SSSR count). The first kappa shape index (κ1) is 17.5. The summed E-state index contributed by atoms with van der Waals surface area (Å²) in [6, 6.07) is 11.0. The molecule has 1 aliphatic heterocycles. The van der Waals surface area contributed by atoms with Crippen LogP contribution < -0.4 is 0 Å². The SMILES string of the molecule is Cc1ccc(C(=O)N2CCC[C@@H](OCc3ccc(F)cc3F)C2)cc1. The third-order valence-electron chi connectivity index (χ3n) is 4.45. The van der Waals surface area contributed by atoms with Crippen LogP contribution in [0.5, 0.6) is 0 Å². The fourth-order valence-electron chi connectivity index (χ4n) is 2.98. The van der Waals surface area contributed by atoms with E-state index in [-0.39, 0.29) is 18.6 Å². The second kappa shape index (κ2) is 7.74. The van der Waals surface area contributed by atoms with Crippen LogP contribution in [-0.4, -0.2) is 30.0 Å². The Hall–Kier alpha value is -2.27. The van der Waals surface area contributed by atoms with E-state index in [0.717, 1.165) is 24.5 Å². The number of benzene rings is 2. The maximum absolute atomic E-state index is 13.7. The quantitative estimate of drug-likeness (QED) is 0.835. The lowest BCUT2D eigenvalue weighted by Crippen LogP contribution is -2.43. The number of halogens is 2. The molecule has 3 nitrogen and oxygen atoms in total. The van der Waals surface area contributed by atoms with E-state index in [1.54, 1.807) is 4.90 Å². The fraction of sp³-hybridized carbons (Fsp3) is 0.350. The van der Waals surface area contributed by atoms with Gasteiger partial charge in [0.05, 0.1) is 12.7 Å². The number of hydrogen-bond acceptors (Lipinski definition) is 2. The first-order valence-corrected chi connectivity index (χ1v) is 8.44. The van der Waals surface area contributed by atoms with E-state index in [0.29, 0.717) is 24.2 Å². The lowest BCUT2D eigenvalue weighted by molar-refractivity contribution is -0.00764. The van der Waals surface area contributed by atoms with Crippen LogP contribution in [-0.2, 0) is 11.3 Å². The number of carbonyl (C=O) groups excluding carboxylic acids is 1. The highest BCUT2D eigenvalue weighted by Gasteiger charge is 2.25. The summed E-state index contributed by atoms with van der Waals surface area (Å²) in [6.07, 6.45) is 1.52. The van der Waals surface area contributed by atoms with Crippen molar-refractivity contribution in [2.45, 2.75) is 32.5 Å². The standard InChI is InChI=1S/C20H21F2NO2/c1-14-4-6-15(7-5-14)20(24)23-10-2-3-18(12-23)25-13-16-8-9-17(21)11-19(16)22/h4-9,11,18H,2-3,10,12-13H2,1H3/t18-/m1/s1. The largest absolute Gasteiger partial charge is 0.372 e. The summed E-state index contributed by atoms with van der Waals surface area (Å²) < 4.78 is 32.4. The van der Waals surface area contributed by atoms with Crippen LogP contribution in [0.4, 0.5) is 8.78 Å². The van der Waals surface area contributed by atoms with Gasteiger partial charge in [-0.1, -0.05) is 23.8 Å². The topological polar surface area (TPSA) is 29.5 Å². The van der Waals surface area contributed by atoms with E-state index in [4.69, 9.17) is 4.74 Å². The van der Waals surface area contributed by atoms with Crippen molar-refractivity contribution >= 4 is 5.91 Å². The van der Waals surface area contributed by atoms with Crippen LogP contribution >= 0.6 is 0 Å². The minimum Gasteiger partial charge on any atom is -0.372 e. The maximum Gasteiger partial charge on any atom is 0.253 e. The first-order valence-electron chi connectivity index (χ1n) is 8.44. The number of carbonyl (C=O) groups is 1. The van der Waals surface area contributed by atoms with Crippen LogP contribution in [0, 0.1) is 18.6 Å². The zero-order chi connectivity index (χ0) is 17.8. The van der Waals surface area contributed by atoms with Crippen molar-refractivity contribution in [3.05, 3.63) is 70.8 Å². The summed E-state index contributed by atoms with van der Waals surface area (Å²) >= 11 is 0. The van der Waals surface area contributed by atoms with Crippen LogP contribution in [0.2, 0.25) is 0 Å². The van der Waals surface area contributed by atoms with Crippen molar-refractivity contribution < 1.29 is 18.3 Å². The number of ether oxygens (including phenoxy) is 1. The predicted octanol–water partition coefficient (Wildman–Crippen LogP) is 4.09. The normalized spacial score (nSPS) is 17.6. The maximum atomic E-state index is 13.7. The van der Waals surface area contributed by atoms with Crippen molar-refractivity contribution in [2.75, 3.05) is 13.1 Å². The Labute approximate surface area is 146 Å². The molecular weight excluding hydrogens is 324 g/mol. The van der Waals surface area contributed by atoms with Crippen LogP contribution in [0.25, 0.3) is 0 Å². The number of rotatable bonds is 4. The van der Waals surface area contributed by atoms with E-state index in [1.165, 1.54) is 12.1 Å². The molecule has 0 bridgehead atoms. The van der Waals surface area contributed by atoms with Gasteiger partial charge in [-0.25, -0.2) is 8.78 Å². The van der Waals surface area contributed by atoms with Crippen molar-refractivity contribution in [3.8, 4) is 0 Å². The molecule has 1 saturated heterocycles. The number of likely N-dealkylation sites (tertiary alicyclic amines) is 1. The second-order valence-corrected chi connectivity index (χ2v) is 6.43. The van der Waals surface area contributed by atoms with E-state index >= 15 is 0 Å². The van der Waals surface area contributed by atoms with Crippen molar-refractivity contribution in [3.63, 3.8) is 0 Å². The van der Waals surface area contributed by atoms with Gasteiger partial charge in [0.15, 0.2) is 0 Å². The predicted molar refractivity (Wildman–Crippen MR) is 91.3 cm³/mol. The molecule has 0 aromatic heterocycles. The Bertz CT molecular complexity index is 746. The molecule has 2 aromatic carbocycles. The molecule has 5 heteroatoms. The molecule has 1 atom stereocenters. The third kappa shape index (κ3) is 4.42. The molecule has 1 heterocycles. The monoisotopic (exact) mass is 345 g/mol. The number of aryl methyl sites for hydroxylation is 1. The van der Waals surface area contributed by atoms with Gasteiger partial charge in [-0.15, -0.1) is 0 Å². The molecule has 1 aliphatic rings. The lowest BCUT2D eigenvalue weighted by Gasteiger charge is -2.32. The van der Waals surface area contributed by atoms with Gasteiger partial charge >= 0.3 is 0 Å². The molecule has 0 unspecified atom stereocenters. The first-order chi connectivity index (χ1) is 12.0. The molecule has 1 fully saturated rings. The van der Waals surface area contributed by atoms with E-state index in [1.807, 2.05) is 31.2 Å². The Balaban J connectivity index is 1.59. The molecule has 1 amide bonds. The van der Waals surface area contributed by atoms with E-state index in [2.05, 4.69) is 0 Å². The Morgan fingerprint density at radius 1 is 1.20 bits per heavy atom. The zero-order valence-corrected chi connectivity index (χ0v) is 14.2. The van der Waals surface area contributed by atoms with Crippen molar-refractivity contribution in [2.24, 2.45) is 0 Å². The van der Waals surface area contributed by atoms with Gasteiger partial charge in [-0.2, -0.15) is 0 Å². The molecule has 0 spiro atoms. The highest BCUT2D eigenvalue weighted by molar-refractivity contribution is 5.94. The van der Waals surface area contributed by atoms with Gasteiger partial charge in [0.1, 0.15) is 11.6 Å². The summed E-state index contributed by atoms with van der Waals surface area (Å²) in [6.45, 7) is 3.23. The number of nitrogens with zero attached hydrogens (tertiary/aromatic N) is 1. The van der Waals surface area contributed by atoms with Gasteiger partial charge in [0, 0.05) is 30.3 Å². The van der Waals surface area contributed by atoms with Crippen molar-refractivity contribution in [1.82, 2.24) is 4.90 Å². The number of piperidine rings is 1. The minimum atomic E-state index is -0.608. The van der Waals surface area contributed by atoms with Gasteiger partial charge in [-0.05, 0) is 38.0 Å². The summed E-state index contributed by atoms with van der Waals surface area (Å²) in [5, 5.41) is 0. The number of amides is 1. The fourth-order valence-corrected chi connectivity index (χ4v) is 2.98. The Morgan fingerprint density at radius 3 is 2.68 bits per heavy atom. The molecule has 132 valence electrons.